The van der Waals surface area contributed by atoms with Crippen LogP contribution in [0.4, 0.5) is 0 Å². The smallest absolute Gasteiger partial charge is 0.312 e. The quantitative estimate of drug-likeness (QED) is 0.205. The van der Waals surface area contributed by atoms with Crippen LogP contribution in [0.3, 0.4) is 0 Å². The third-order valence-electron chi connectivity index (χ3n) is 9.57. The van der Waals surface area contributed by atoms with Crippen LogP contribution in [0.2, 0.25) is 0 Å². The topological polar surface area (TPSA) is 109 Å². The number of aliphatic hydroxyl groups excluding tert-OH is 1. The Labute approximate surface area is 238 Å². The van der Waals surface area contributed by atoms with Crippen LogP contribution in [0.5, 0.6) is 0 Å². The lowest BCUT2D eigenvalue weighted by molar-refractivity contribution is -0.164. The summed E-state index contributed by atoms with van der Waals surface area (Å²) in [4.78, 5) is 48.0. The van der Waals surface area contributed by atoms with Crippen molar-refractivity contribution in [2.75, 3.05) is 59.2 Å². The summed E-state index contributed by atoms with van der Waals surface area (Å²) in [5.74, 6) is -2.96. The van der Waals surface area contributed by atoms with E-state index in [-0.39, 0.29) is 36.9 Å². The van der Waals surface area contributed by atoms with E-state index in [4.69, 9.17) is 14.2 Å². The van der Waals surface area contributed by atoms with E-state index in [0.29, 0.717) is 45.7 Å². The molecule has 0 aromatic heterocycles. The number of likely N-dealkylation sites (tertiary alicyclic amines) is 1. The van der Waals surface area contributed by atoms with Crippen molar-refractivity contribution in [1.82, 2.24) is 14.7 Å². The third kappa shape index (κ3) is 5.12. The zero-order valence-electron chi connectivity index (χ0n) is 24.5. The van der Waals surface area contributed by atoms with Gasteiger partial charge in [0.2, 0.25) is 11.8 Å². The van der Waals surface area contributed by atoms with Gasteiger partial charge in [-0.2, -0.15) is 0 Å². The number of nitrogens with zero attached hydrogens (tertiary/aromatic N) is 3. The van der Waals surface area contributed by atoms with Gasteiger partial charge in [-0.15, -0.1) is 13.2 Å². The van der Waals surface area contributed by atoms with Crippen LogP contribution in [-0.4, -0.2) is 120 Å². The number of morpholine rings is 1. The van der Waals surface area contributed by atoms with Crippen molar-refractivity contribution in [2.24, 2.45) is 23.7 Å². The summed E-state index contributed by atoms with van der Waals surface area (Å²) in [6.07, 6.45) is 4.33. The molecule has 4 heterocycles. The molecule has 2 amide bonds. The predicted octanol–water partition coefficient (Wildman–Crippen LogP) is 1.48. The molecule has 4 saturated heterocycles. The lowest BCUT2D eigenvalue weighted by atomic mass is 9.62. The average molecular weight is 562 g/mol. The fraction of sp³-hybridized carbons (Fsp3) is 0.767. The van der Waals surface area contributed by atoms with Gasteiger partial charge in [0.25, 0.3) is 0 Å². The lowest BCUT2D eigenvalue weighted by Gasteiger charge is -2.41. The second kappa shape index (κ2) is 12.3. The molecule has 1 spiro atoms. The normalized spacial score (nSPS) is 34.1. The number of aliphatic hydroxyl groups is 1. The van der Waals surface area contributed by atoms with Gasteiger partial charge in [0, 0.05) is 32.7 Å². The first-order valence-corrected chi connectivity index (χ1v) is 14.7. The Morgan fingerprint density at radius 1 is 1.25 bits per heavy atom. The molecule has 4 fully saturated rings. The number of carbonyl (C=O) groups is 3. The molecule has 4 aliphatic rings. The van der Waals surface area contributed by atoms with Crippen molar-refractivity contribution >= 4 is 17.8 Å². The Hall–Kier alpha value is -2.27. The molecular formula is C30H47N3O7. The standard InChI is InChI=1S/C30H47N3O7/c1-7-9-15-39-28(37)24-23-26(35)33(22(19-34)20(3)4)25(30(23)18-21(5)29(24,6)40-30)27(36)32(10-8-2)12-11-31-13-16-38-17-14-31/h7-8,20-25,34H,1-2,9-19H2,3-6H3/t21?,22-,23-,24-,25?,29+,30?/m0/s1. The van der Waals surface area contributed by atoms with Crippen molar-refractivity contribution in [3.05, 3.63) is 25.3 Å². The van der Waals surface area contributed by atoms with E-state index in [9.17, 15) is 19.5 Å². The molecular weight excluding hydrogens is 514 g/mol. The molecule has 3 unspecified atom stereocenters. The van der Waals surface area contributed by atoms with Crippen LogP contribution in [0.15, 0.2) is 25.3 Å². The second-order valence-electron chi connectivity index (χ2n) is 12.2. The van der Waals surface area contributed by atoms with E-state index in [1.807, 2.05) is 27.7 Å². The van der Waals surface area contributed by atoms with Crippen LogP contribution < -0.4 is 0 Å². The van der Waals surface area contributed by atoms with Crippen LogP contribution in [0, 0.1) is 23.7 Å². The van der Waals surface area contributed by atoms with Gasteiger partial charge in [-0.1, -0.05) is 32.9 Å². The maximum absolute atomic E-state index is 14.6. The highest BCUT2D eigenvalue weighted by Gasteiger charge is 2.80. The van der Waals surface area contributed by atoms with E-state index >= 15 is 0 Å². The van der Waals surface area contributed by atoms with Gasteiger partial charge in [0.05, 0.1) is 44.0 Å². The molecule has 0 aromatic rings. The molecule has 4 aliphatic heterocycles. The molecule has 0 radical (unpaired) electrons. The first kappa shape index (κ1) is 30.7. The van der Waals surface area contributed by atoms with Gasteiger partial charge in [-0.3, -0.25) is 19.3 Å². The zero-order valence-corrected chi connectivity index (χ0v) is 24.5. The Kier molecular flexibility index (Phi) is 9.44. The van der Waals surface area contributed by atoms with Crippen molar-refractivity contribution in [1.29, 1.82) is 0 Å². The van der Waals surface area contributed by atoms with Gasteiger partial charge in [0.1, 0.15) is 17.6 Å². The summed E-state index contributed by atoms with van der Waals surface area (Å²) in [5.41, 5.74) is -2.13. The minimum Gasteiger partial charge on any atom is -0.465 e. The van der Waals surface area contributed by atoms with Gasteiger partial charge in [0.15, 0.2) is 0 Å². The largest absolute Gasteiger partial charge is 0.465 e. The number of esters is 1. The number of rotatable bonds is 13. The highest BCUT2D eigenvalue weighted by atomic mass is 16.6. The van der Waals surface area contributed by atoms with E-state index in [1.165, 1.54) is 0 Å². The Morgan fingerprint density at radius 3 is 2.55 bits per heavy atom. The average Bonchev–Trinajstić information content (AvgIpc) is 3.44. The molecule has 10 nitrogen and oxygen atoms in total. The second-order valence-corrected chi connectivity index (χ2v) is 12.2. The summed E-state index contributed by atoms with van der Waals surface area (Å²) >= 11 is 0. The molecule has 1 N–H and O–H groups in total. The lowest BCUT2D eigenvalue weighted by Crippen LogP contribution is -2.60. The Bertz CT molecular complexity index is 982. The fourth-order valence-electron chi connectivity index (χ4n) is 7.33. The molecule has 0 aromatic carbocycles. The molecule has 7 atom stereocenters. The maximum Gasteiger partial charge on any atom is 0.312 e. The van der Waals surface area contributed by atoms with E-state index in [0.717, 1.165) is 13.1 Å². The first-order valence-electron chi connectivity index (χ1n) is 14.7. The monoisotopic (exact) mass is 561 g/mol. The summed E-state index contributed by atoms with van der Waals surface area (Å²) in [6.45, 7) is 19.5. The van der Waals surface area contributed by atoms with Crippen LogP contribution in [0.25, 0.3) is 0 Å². The minimum absolute atomic E-state index is 0.0865. The maximum atomic E-state index is 14.6. The van der Waals surface area contributed by atoms with Gasteiger partial charge in [-0.05, 0) is 31.6 Å². The van der Waals surface area contributed by atoms with E-state index in [2.05, 4.69) is 18.1 Å². The van der Waals surface area contributed by atoms with Gasteiger partial charge in [-0.25, -0.2) is 0 Å². The van der Waals surface area contributed by atoms with Crippen LogP contribution in [0.1, 0.15) is 40.5 Å². The van der Waals surface area contributed by atoms with E-state index in [1.54, 1.807) is 22.0 Å². The number of ether oxygens (including phenoxy) is 3. The first-order chi connectivity index (χ1) is 19.1. The van der Waals surface area contributed by atoms with E-state index < -0.39 is 41.1 Å². The molecule has 0 aliphatic carbocycles. The molecule has 40 heavy (non-hydrogen) atoms. The SMILES string of the molecule is C=CCCOC(=O)[C@@H]1[C@H]2C(=O)N([C@@H](CO)C(C)C)C(C(=O)N(CC=C)CCN3CCOCC3)C23CC(C)[C@@]1(C)O3. The highest BCUT2D eigenvalue weighted by Crippen LogP contribution is 2.65. The van der Waals surface area contributed by atoms with Gasteiger partial charge >= 0.3 is 5.97 Å². The van der Waals surface area contributed by atoms with Crippen LogP contribution in [-0.2, 0) is 28.6 Å². The predicted molar refractivity (Wildman–Crippen MR) is 149 cm³/mol. The van der Waals surface area contributed by atoms with Crippen LogP contribution >= 0.6 is 0 Å². The van der Waals surface area contributed by atoms with Crippen molar-refractivity contribution in [2.45, 2.75) is 63.8 Å². The molecule has 4 rings (SSSR count). The molecule has 0 saturated carbocycles. The summed E-state index contributed by atoms with van der Waals surface area (Å²) in [6, 6.07) is -1.57. The molecule has 10 heteroatoms. The summed E-state index contributed by atoms with van der Waals surface area (Å²) in [5, 5.41) is 10.4. The Balaban J connectivity index is 1.73. The Morgan fingerprint density at radius 2 is 1.95 bits per heavy atom. The molecule has 2 bridgehead atoms. The fourth-order valence-corrected chi connectivity index (χ4v) is 7.33. The zero-order chi connectivity index (χ0) is 29.2. The minimum atomic E-state index is -1.19. The van der Waals surface area contributed by atoms with Crippen molar-refractivity contribution < 1.29 is 33.7 Å². The van der Waals surface area contributed by atoms with Crippen molar-refractivity contribution in [3.8, 4) is 0 Å². The number of carbonyl (C=O) groups excluding carboxylic acids is 3. The van der Waals surface area contributed by atoms with Crippen molar-refractivity contribution in [3.63, 3.8) is 0 Å². The number of fused-ring (bicyclic) bond motifs is 1. The highest BCUT2D eigenvalue weighted by molar-refractivity contribution is 5.98. The summed E-state index contributed by atoms with van der Waals surface area (Å²) in [7, 11) is 0. The van der Waals surface area contributed by atoms with Gasteiger partial charge < -0.3 is 29.1 Å². The molecule has 224 valence electrons. The number of hydrogen-bond donors (Lipinski definition) is 1. The number of amides is 2. The third-order valence-corrected chi connectivity index (χ3v) is 9.57. The number of hydrogen-bond acceptors (Lipinski definition) is 8. The summed E-state index contributed by atoms with van der Waals surface area (Å²) < 4.78 is 17.9.